The van der Waals surface area contributed by atoms with Crippen LogP contribution in [0.25, 0.3) is 0 Å². The number of amides is 1. The fourth-order valence-electron chi connectivity index (χ4n) is 4.72. The van der Waals surface area contributed by atoms with Gasteiger partial charge in [-0.05, 0) is 50.0 Å². The summed E-state index contributed by atoms with van der Waals surface area (Å²) in [4.78, 5) is 15.6. The van der Waals surface area contributed by atoms with E-state index in [1.54, 1.807) is 5.49 Å². The maximum Gasteiger partial charge on any atom is 0.284 e. The number of para-hydroxylation sites is 1. The topological polar surface area (TPSA) is 32.3 Å². The Balaban J connectivity index is 1.85. The molecule has 0 radical (unpaired) electrons. The lowest BCUT2D eigenvalue weighted by molar-refractivity contribution is -0.892. The molecule has 1 amide bonds. The molecule has 0 spiro atoms. The van der Waals surface area contributed by atoms with E-state index in [0.29, 0.717) is 23.2 Å². The monoisotopic (exact) mass is 374 g/mol. The Kier molecular flexibility index (Phi) is 6.79. The van der Waals surface area contributed by atoms with Gasteiger partial charge in [0.1, 0.15) is 6.04 Å². The Morgan fingerprint density at radius 3 is 2.31 bits per heavy atom. The van der Waals surface area contributed by atoms with Crippen LogP contribution < -0.4 is 10.3 Å². The molecule has 1 aromatic carbocycles. The van der Waals surface area contributed by atoms with Crippen LogP contribution in [-0.2, 0) is 4.79 Å². The fourth-order valence-corrected chi connectivity index (χ4v) is 5.07. The van der Waals surface area contributed by atoms with E-state index in [1.807, 2.05) is 25.2 Å². The van der Waals surface area contributed by atoms with Crippen LogP contribution in [0.3, 0.4) is 0 Å². The number of hydrogen-bond acceptors (Lipinski definition) is 3. The molecule has 2 aliphatic rings. The number of hydrogen-bond donors (Lipinski definition) is 1. The quantitative estimate of drug-likeness (QED) is 0.441. The van der Waals surface area contributed by atoms with Crippen molar-refractivity contribution in [1.29, 1.82) is 0 Å². The van der Waals surface area contributed by atoms with Gasteiger partial charge >= 0.3 is 0 Å². The summed E-state index contributed by atoms with van der Waals surface area (Å²) in [5, 5.41) is 0. The van der Waals surface area contributed by atoms with Crippen LogP contribution in [0.1, 0.15) is 57.8 Å². The molecule has 0 saturated heterocycles. The predicted octanol–water partition coefficient (Wildman–Crippen LogP) is 4.20. The molecule has 1 unspecified atom stereocenters. The third-order valence-corrected chi connectivity index (χ3v) is 6.60. The smallest absolute Gasteiger partial charge is 0.284 e. The van der Waals surface area contributed by atoms with E-state index in [9.17, 15) is 4.79 Å². The first-order valence-electron chi connectivity index (χ1n) is 10.1. The van der Waals surface area contributed by atoms with Crippen LogP contribution in [0, 0.1) is 0 Å². The number of benzene rings is 1. The Labute approximate surface area is 163 Å². The Bertz CT molecular complexity index is 597. The van der Waals surface area contributed by atoms with Crippen LogP contribution >= 0.6 is 12.2 Å². The second kappa shape index (κ2) is 9.07. The summed E-state index contributed by atoms with van der Waals surface area (Å²) in [5.41, 5.74) is 6.18. The van der Waals surface area contributed by atoms with Crippen molar-refractivity contribution < 1.29 is 9.39 Å². The first-order chi connectivity index (χ1) is 12.7. The molecule has 2 aliphatic carbocycles. The molecule has 1 atom stereocenters. The van der Waals surface area contributed by atoms with Crippen molar-refractivity contribution in [2.75, 3.05) is 18.5 Å². The van der Waals surface area contributed by atoms with E-state index < -0.39 is 0 Å². The summed E-state index contributed by atoms with van der Waals surface area (Å²) in [6.07, 6.45) is 10.6. The predicted molar refractivity (Wildman–Crippen MR) is 111 cm³/mol. The van der Waals surface area contributed by atoms with Gasteiger partial charge in [-0.2, -0.15) is 5.43 Å². The van der Waals surface area contributed by atoms with Gasteiger partial charge in [0, 0.05) is 31.6 Å². The average molecular weight is 375 g/mol. The lowest BCUT2D eigenvalue weighted by Gasteiger charge is -2.40. The molecule has 0 heterocycles. The zero-order chi connectivity index (χ0) is 18.4. The van der Waals surface area contributed by atoms with E-state index >= 15 is 0 Å². The van der Waals surface area contributed by atoms with Crippen LogP contribution in [0.2, 0.25) is 0 Å². The number of nitrogens with one attached hydrogen (secondary N) is 1. The minimum absolute atomic E-state index is 0.186. The maximum absolute atomic E-state index is 13.5. The largest absolute Gasteiger partial charge is 0.304 e. The summed E-state index contributed by atoms with van der Waals surface area (Å²) >= 11 is 5.41. The van der Waals surface area contributed by atoms with Crippen LogP contribution in [0.4, 0.5) is 5.69 Å². The molecule has 142 valence electrons. The fraction of sp³-hybridized carbons (Fsp3) is 0.619. The van der Waals surface area contributed by atoms with Gasteiger partial charge < -0.3 is 4.90 Å². The van der Waals surface area contributed by atoms with Gasteiger partial charge in [-0.25, -0.2) is 4.59 Å². The molecule has 0 bridgehead atoms. The third kappa shape index (κ3) is 4.16. The highest BCUT2D eigenvalue weighted by Gasteiger charge is 2.41. The van der Waals surface area contributed by atoms with Gasteiger partial charge in [-0.1, -0.05) is 37.5 Å². The number of rotatable bonds is 7. The molecular formula is C21H32N3OS+. The number of carbonyl (C=O) groups excluding carboxylic acids is 1. The van der Waals surface area contributed by atoms with Gasteiger partial charge in [0.15, 0.2) is 12.0 Å². The Morgan fingerprint density at radius 2 is 1.73 bits per heavy atom. The highest BCUT2D eigenvalue weighted by Crippen LogP contribution is 2.30. The molecule has 0 aliphatic heterocycles. The van der Waals surface area contributed by atoms with Gasteiger partial charge in [0.2, 0.25) is 0 Å². The molecule has 2 saturated carbocycles. The molecule has 2 fully saturated rings. The van der Waals surface area contributed by atoms with Gasteiger partial charge in [-0.15, -0.1) is 0 Å². The lowest BCUT2D eigenvalue weighted by Crippen LogP contribution is -2.64. The van der Waals surface area contributed by atoms with E-state index in [-0.39, 0.29) is 5.91 Å². The summed E-state index contributed by atoms with van der Waals surface area (Å²) in [6.45, 7) is 0.399. The number of carbonyl (C=O) groups is 1. The van der Waals surface area contributed by atoms with Crippen molar-refractivity contribution in [3.05, 3.63) is 30.3 Å². The Hall–Kier alpha value is -1.30. The SMILES string of the molecule is CN[N+](C=S)(CC(=O)N(c1ccccc1)C1CCCCC1)C1CCCC1. The van der Waals surface area contributed by atoms with Crippen molar-refractivity contribution >= 4 is 29.3 Å². The molecular weight excluding hydrogens is 342 g/mol. The number of nitrogens with zero attached hydrogens (tertiary/aromatic N) is 2. The average Bonchev–Trinajstić information content (AvgIpc) is 3.23. The third-order valence-electron chi connectivity index (χ3n) is 6.22. The molecule has 1 N–H and O–H groups in total. The first-order valence-corrected chi connectivity index (χ1v) is 10.6. The first kappa shape index (κ1) is 19.5. The molecule has 4 nitrogen and oxygen atoms in total. The standard InChI is InChI=1S/C21H32N3OS/c1-22-24(17-26,20-14-8-9-15-20)16-21(25)23(18-10-4-2-5-11-18)19-12-6-3-7-13-19/h2,4-5,10-11,17,19-20,22H,3,6-9,12-16H2,1H3/q+1. The molecule has 26 heavy (non-hydrogen) atoms. The summed E-state index contributed by atoms with van der Waals surface area (Å²) in [6, 6.07) is 10.9. The van der Waals surface area contributed by atoms with E-state index in [2.05, 4.69) is 22.5 Å². The minimum atomic E-state index is 0.186. The second-order valence-corrected chi connectivity index (χ2v) is 7.96. The van der Waals surface area contributed by atoms with Crippen molar-refractivity contribution in [3.8, 4) is 0 Å². The molecule has 5 heteroatoms. The van der Waals surface area contributed by atoms with E-state index in [1.165, 1.54) is 32.1 Å². The molecule has 0 aromatic heterocycles. The Morgan fingerprint density at radius 1 is 1.12 bits per heavy atom. The minimum Gasteiger partial charge on any atom is -0.304 e. The van der Waals surface area contributed by atoms with Gasteiger partial charge in [0.05, 0.1) is 0 Å². The van der Waals surface area contributed by atoms with Crippen LogP contribution in [0.15, 0.2) is 30.3 Å². The van der Waals surface area contributed by atoms with Crippen LogP contribution in [-0.4, -0.2) is 41.7 Å². The highest BCUT2D eigenvalue weighted by molar-refractivity contribution is 7.78. The number of quaternary nitrogens is 1. The van der Waals surface area contributed by atoms with Crippen molar-refractivity contribution in [2.24, 2.45) is 0 Å². The maximum atomic E-state index is 13.5. The van der Waals surface area contributed by atoms with Crippen molar-refractivity contribution in [3.63, 3.8) is 0 Å². The van der Waals surface area contributed by atoms with Gasteiger partial charge in [0.25, 0.3) is 5.91 Å². The normalized spacial score (nSPS) is 21.3. The van der Waals surface area contributed by atoms with Crippen molar-refractivity contribution in [2.45, 2.75) is 69.9 Å². The lowest BCUT2D eigenvalue weighted by atomic mass is 9.93. The molecule has 1 aromatic rings. The van der Waals surface area contributed by atoms with Gasteiger partial charge in [-0.3, -0.25) is 4.79 Å². The summed E-state index contributed by atoms with van der Waals surface area (Å²) in [5.74, 6) is 0.186. The highest BCUT2D eigenvalue weighted by atomic mass is 32.1. The van der Waals surface area contributed by atoms with E-state index in [4.69, 9.17) is 12.2 Å². The van der Waals surface area contributed by atoms with Crippen LogP contribution in [0.5, 0.6) is 0 Å². The van der Waals surface area contributed by atoms with Crippen molar-refractivity contribution in [1.82, 2.24) is 5.43 Å². The van der Waals surface area contributed by atoms with E-state index in [0.717, 1.165) is 31.4 Å². The number of thiocarbonyl (C=S) groups is 1. The zero-order valence-electron chi connectivity index (χ0n) is 15.9. The zero-order valence-corrected chi connectivity index (χ0v) is 16.7. The summed E-state index contributed by atoms with van der Waals surface area (Å²) < 4.78 is 0.421. The summed E-state index contributed by atoms with van der Waals surface area (Å²) in [7, 11) is 1.93. The molecule has 3 rings (SSSR count). The second-order valence-electron chi connectivity index (χ2n) is 7.75. The number of anilines is 1.